The number of carbonyl (C=O) groups is 1. The van der Waals surface area contributed by atoms with Crippen molar-refractivity contribution in [2.75, 3.05) is 20.3 Å². The number of hydrogen-bond donors (Lipinski definition) is 6. The molecule has 0 aromatic heterocycles. The lowest BCUT2D eigenvalue weighted by atomic mass is 9.99. The number of aliphatic hydroxyl groups is 4. The molecule has 0 spiro atoms. The lowest BCUT2D eigenvalue weighted by molar-refractivity contribution is -0.277. The van der Waals surface area contributed by atoms with E-state index in [1.54, 1.807) is 48.5 Å². The van der Waals surface area contributed by atoms with Crippen molar-refractivity contribution in [1.29, 1.82) is 0 Å². The molecular weight excluding hydrogens is 446 g/mol. The second kappa shape index (κ2) is 11.8. The van der Waals surface area contributed by atoms with Gasteiger partial charge in [-0.15, -0.1) is 0 Å². The van der Waals surface area contributed by atoms with Gasteiger partial charge in [-0.3, -0.25) is 4.79 Å². The smallest absolute Gasteiger partial charge is 0.244 e. The highest BCUT2D eigenvalue weighted by atomic mass is 16.7. The van der Waals surface area contributed by atoms with Gasteiger partial charge in [0.05, 0.1) is 13.7 Å². The fourth-order valence-electron chi connectivity index (χ4n) is 3.39. The van der Waals surface area contributed by atoms with Crippen LogP contribution < -0.4 is 14.8 Å². The summed E-state index contributed by atoms with van der Waals surface area (Å²) >= 11 is 0. The largest absolute Gasteiger partial charge is 0.504 e. The molecule has 0 radical (unpaired) electrons. The number of hydrogen-bond acceptors (Lipinski definition) is 9. The Morgan fingerprint density at radius 1 is 1.09 bits per heavy atom. The van der Waals surface area contributed by atoms with Crippen LogP contribution in [0.3, 0.4) is 0 Å². The van der Waals surface area contributed by atoms with E-state index in [1.807, 2.05) is 0 Å². The number of benzene rings is 2. The topological polar surface area (TPSA) is 158 Å². The molecule has 184 valence electrons. The molecule has 0 aliphatic carbocycles. The van der Waals surface area contributed by atoms with E-state index < -0.39 is 37.3 Å². The number of aliphatic hydroxyl groups excluding tert-OH is 4. The maximum Gasteiger partial charge on any atom is 0.244 e. The van der Waals surface area contributed by atoms with Gasteiger partial charge >= 0.3 is 0 Å². The molecule has 34 heavy (non-hydrogen) atoms. The van der Waals surface area contributed by atoms with Gasteiger partial charge in [-0.25, -0.2) is 0 Å². The Balaban J connectivity index is 1.48. The number of rotatable bonds is 9. The molecule has 6 N–H and O–H groups in total. The molecule has 3 rings (SSSR count). The van der Waals surface area contributed by atoms with Crippen molar-refractivity contribution >= 4 is 12.0 Å². The van der Waals surface area contributed by atoms with Gasteiger partial charge in [0.15, 0.2) is 11.5 Å². The van der Waals surface area contributed by atoms with Crippen molar-refractivity contribution in [3.63, 3.8) is 0 Å². The van der Waals surface area contributed by atoms with E-state index in [9.17, 15) is 30.3 Å². The van der Waals surface area contributed by atoms with E-state index >= 15 is 0 Å². The standard InChI is InChI=1S/C24H29NO9/c1-32-18-12-15(4-8-17(18)27)10-11-25-20(28)9-5-14-2-6-16(7-3-14)33-24-23(31)22(30)21(29)19(13-26)34-24/h2-9,12,19,21-24,26-27,29-31H,10-11,13H2,1H3,(H,25,28)/b9-5+/t19-,21+,22+,23-,24-/m1/s1. The van der Waals surface area contributed by atoms with Crippen LogP contribution in [-0.2, 0) is 16.0 Å². The maximum atomic E-state index is 12.1. The molecule has 2 aromatic carbocycles. The normalized spacial score (nSPS) is 24.7. The van der Waals surface area contributed by atoms with E-state index in [-0.39, 0.29) is 11.7 Å². The van der Waals surface area contributed by atoms with Gasteiger partial charge in [0.25, 0.3) is 0 Å². The van der Waals surface area contributed by atoms with Crippen LogP contribution in [-0.4, -0.2) is 82.4 Å². The van der Waals surface area contributed by atoms with Gasteiger partial charge in [0, 0.05) is 12.6 Å². The lowest BCUT2D eigenvalue weighted by Crippen LogP contribution is -2.60. The number of methoxy groups -OCH3 is 1. The van der Waals surface area contributed by atoms with Crippen LogP contribution in [0.4, 0.5) is 0 Å². The minimum atomic E-state index is -1.52. The number of nitrogens with one attached hydrogen (secondary N) is 1. The molecule has 1 aliphatic heterocycles. The Kier molecular flexibility index (Phi) is 8.85. The Hall–Kier alpha value is -3.15. The van der Waals surface area contributed by atoms with Crippen LogP contribution in [0, 0.1) is 0 Å². The Morgan fingerprint density at radius 3 is 2.50 bits per heavy atom. The number of aromatic hydroxyl groups is 1. The highest BCUT2D eigenvalue weighted by Crippen LogP contribution is 2.26. The van der Waals surface area contributed by atoms with Gasteiger partial charge in [-0.2, -0.15) is 0 Å². The molecule has 0 bridgehead atoms. The van der Waals surface area contributed by atoms with E-state index in [0.717, 1.165) is 11.1 Å². The van der Waals surface area contributed by atoms with Crippen molar-refractivity contribution in [3.05, 3.63) is 59.7 Å². The summed E-state index contributed by atoms with van der Waals surface area (Å²) in [4.78, 5) is 12.1. The van der Waals surface area contributed by atoms with Crippen LogP contribution >= 0.6 is 0 Å². The van der Waals surface area contributed by atoms with Gasteiger partial charge in [0.2, 0.25) is 12.2 Å². The van der Waals surface area contributed by atoms with Crippen molar-refractivity contribution in [1.82, 2.24) is 5.32 Å². The monoisotopic (exact) mass is 475 g/mol. The third-order valence-electron chi connectivity index (χ3n) is 5.36. The van der Waals surface area contributed by atoms with Crippen molar-refractivity contribution in [2.24, 2.45) is 0 Å². The van der Waals surface area contributed by atoms with E-state index in [0.29, 0.717) is 24.5 Å². The second-order valence-corrected chi connectivity index (χ2v) is 7.76. The molecule has 0 saturated carbocycles. The predicted molar refractivity (Wildman–Crippen MR) is 121 cm³/mol. The van der Waals surface area contributed by atoms with Gasteiger partial charge in [-0.05, 0) is 47.9 Å². The fraction of sp³-hybridized carbons (Fsp3) is 0.375. The second-order valence-electron chi connectivity index (χ2n) is 7.76. The SMILES string of the molecule is COc1cc(CCNC(=O)/C=C/c2ccc(O[C@@H]3O[C@H](CO)[C@H](O)[C@H](O)[C@H]3O)cc2)ccc1O. The third kappa shape index (κ3) is 6.46. The number of phenols is 1. The molecule has 5 atom stereocenters. The first-order valence-corrected chi connectivity index (χ1v) is 10.7. The van der Waals surface area contributed by atoms with E-state index in [4.69, 9.17) is 14.2 Å². The summed E-state index contributed by atoms with van der Waals surface area (Å²) < 4.78 is 15.9. The first kappa shape index (κ1) is 25.5. The van der Waals surface area contributed by atoms with Crippen LogP contribution in [0.5, 0.6) is 17.2 Å². The maximum absolute atomic E-state index is 12.1. The molecule has 2 aromatic rings. The first-order chi connectivity index (χ1) is 16.3. The van der Waals surface area contributed by atoms with Crippen LogP contribution in [0.2, 0.25) is 0 Å². The average Bonchev–Trinajstić information content (AvgIpc) is 2.85. The summed E-state index contributed by atoms with van der Waals surface area (Å²) in [5.41, 5.74) is 1.63. The summed E-state index contributed by atoms with van der Waals surface area (Å²) in [5, 5.41) is 51.4. The van der Waals surface area contributed by atoms with E-state index in [1.165, 1.54) is 13.2 Å². The molecule has 1 fully saturated rings. The highest BCUT2D eigenvalue weighted by molar-refractivity contribution is 5.91. The number of phenolic OH excluding ortho intramolecular Hbond substituents is 1. The van der Waals surface area contributed by atoms with Crippen LogP contribution in [0.1, 0.15) is 11.1 Å². The van der Waals surface area contributed by atoms with Gasteiger partial charge in [0.1, 0.15) is 30.2 Å². The van der Waals surface area contributed by atoms with E-state index in [2.05, 4.69) is 5.32 Å². The average molecular weight is 475 g/mol. The van der Waals surface area contributed by atoms with Gasteiger partial charge < -0.3 is 45.1 Å². The zero-order valence-electron chi connectivity index (χ0n) is 18.6. The molecular formula is C24H29NO9. The minimum Gasteiger partial charge on any atom is -0.504 e. The summed E-state index contributed by atoms with van der Waals surface area (Å²) in [7, 11) is 1.47. The minimum absolute atomic E-state index is 0.0582. The zero-order valence-corrected chi connectivity index (χ0v) is 18.6. The van der Waals surface area contributed by atoms with Crippen LogP contribution in [0.25, 0.3) is 6.08 Å². The third-order valence-corrected chi connectivity index (χ3v) is 5.36. The molecule has 10 nitrogen and oxygen atoms in total. The fourth-order valence-corrected chi connectivity index (χ4v) is 3.39. The Bertz CT molecular complexity index is 977. The quantitative estimate of drug-likeness (QED) is 0.274. The molecule has 1 saturated heterocycles. The van der Waals surface area contributed by atoms with Crippen molar-refractivity contribution in [3.8, 4) is 17.2 Å². The molecule has 1 heterocycles. The van der Waals surface area contributed by atoms with Crippen molar-refractivity contribution in [2.45, 2.75) is 37.1 Å². The predicted octanol–water partition coefficient (Wildman–Crippen LogP) is -0.0484. The molecule has 1 amide bonds. The molecule has 0 unspecified atom stereocenters. The van der Waals surface area contributed by atoms with Gasteiger partial charge in [-0.1, -0.05) is 18.2 Å². The Morgan fingerprint density at radius 2 is 1.82 bits per heavy atom. The molecule has 1 aliphatic rings. The zero-order chi connectivity index (χ0) is 24.7. The molecule has 10 heteroatoms. The first-order valence-electron chi connectivity index (χ1n) is 10.7. The highest BCUT2D eigenvalue weighted by Gasteiger charge is 2.44. The lowest BCUT2D eigenvalue weighted by Gasteiger charge is -2.39. The summed E-state index contributed by atoms with van der Waals surface area (Å²) in [6.45, 7) is -0.136. The summed E-state index contributed by atoms with van der Waals surface area (Å²) in [6, 6.07) is 11.6. The summed E-state index contributed by atoms with van der Waals surface area (Å²) in [6.07, 6.45) is -3.21. The summed E-state index contributed by atoms with van der Waals surface area (Å²) in [5.74, 6) is 0.494. The number of amides is 1. The van der Waals surface area contributed by atoms with Crippen LogP contribution in [0.15, 0.2) is 48.5 Å². The number of carbonyl (C=O) groups excluding carboxylic acids is 1. The van der Waals surface area contributed by atoms with Crippen molar-refractivity contribution < 1.29 is 44.5 Å². The number of ether oxygens (including phenoxy) is 3. The Labute approximate surface area is 196 Å².